The summed E-state index contributed by atoms with van der Waals surface area (Å²) in [6.45, 7) is 9.87. The number of hydrogen-bond donors (Lipinski definition) is 2. The minimum absolute atomic E-state index is 0. The molecule has 1 aliphatic rings. The Morgan fingerprint density at radius 3 is 1.44 bits per heavy atom. The van der Waals surface area contributed by atoms with E-state index in [0.29, 0.717) is 0 Å². The number of aromatic nitrogens is 1. The molecule has 36 heavy (non-hydrogen) atoms. The monoisotopic (exact) mass is 618 g/mol. The van der Waals surface area contributed by atoms with Crippen LogP contribution >= 0.6 is 0 Å². The van der Waals surface area contributed by atoms with Crippen LogP contribution in [0.1, 0.15) is 11.4 Å². The smallest absolute Gasteiger partial charge is 0.304 e. The van der Waals surface area contributed by atoms with E-state index >= 15 is 0 Å². The zero-order chi connectivity index (χ0) is 27.7. The van der Waals surface area contributed by atoms with Gasteiger partial charge in [-0.15, -0.1) is 0 Å². The first-order valence-corrected chi connectivity index (χ1v) is 12.6. The van der Waals surface area contributed by atoms with E-state index in [0.717, 1.165) is 51.5 Å². The number of nitrogens with zero attached hydrogens (tertiary/aromatic N) is 4. The van der Waals surface area contributed by atoms with Gasteiger partial charge in [-0.05, 0) is 33.2 Å². The molecule has 19 heteroatoms. The summed E-state index contributed by atoms with van der Waals surface area (Å²) >= 11 is 0. The van der Waals surface area contributed by atoms with Crippen molar-refractivity contribution in [2.45, 2.75) is 24.5 Å². The van der Waals surface area contributed by atoms with Gasteiger partial charge in [0, 0.05) is 68.6 Å². The molecule has 2 heterocycles. The van der Waals surface area contributed by atoms with E-state index in [1.165, 1.54) is 5.69 Å². The molecule has 1 saturated heterocycles. The molecule has 0 spiro atoms. The zero-order valence-corrected chi connectivity index (χ0v) is 22.2. The summed E-state index contributed by atoms with van der Waals surface area (Å²) in [5.74, 6) is 0. The van der Waals surface area contributed by atoms with Crippen molar-refractivity contribution in [3.63, 3.8) is 0 Å². The third-order valence-electron chi connectivity index (χ3n) is 4.38. The van der Waals surface area contributed by atoms with Crippen LogP contribution < -0.4 is 0 Å². The molecule has 0 bridgehead atoms. The molecule has 0 atom stereocenters. The molecule has 0 unspecified atom stereocenters. The van der Waals surface area contributed by atoms with Crippen molar-refractivity contribution in [2.75, 3.05) is 53.4 Å². The SMILES string of the molecule is Cc1cccc(CN2CCN(C)CCN(C)CC2)n1.O=S(=O)(O)C(F)(F)F.O=S(=O)(O)C(F)(F)F.[Fe]. The van der Waals surface area contributed by atoms with Gasteiger partial charge >= 0.3 is 31.3 Å². The normalized spacial score (nSPS) is 17.2. The number of likely N-dealkylation sites (N-methyl/N-ethyl adjacent to an activating group) is 2. The van der Waals surface area contributed by atoms with Gasteiger partial charge < -0.3 is 9.80 Å². The summed E-state index contributed by atoms with van der Waals surface area (Å²) in [5, 5.41) is 0. The Labute approximate surface area is 216 Å². The molecule has 1 aromatic rings. The number of halogens is 6. The second-order valence-electron chi connectivity index (χ2n) is 7.49. The van der Waals surface area contributed by atoms with Crippen LogP contribution in [0.5, 0.6) is 0 Å². The molecule has 1 aliphatic heterocycles. The summed E-state index contributed by atoms with van der Waals surface area (Å²) in [7, 11) is -7.26. The Balaban J connectivity index is 0. The van der Waals surface area contributed by atoms with Crippen molar-refractivity contribution in [1.82, 2.24) is 19.7 Å². The Morgan fingerprint density at radius 1 is 0.806 bits per heavy atom. The van der Waals surface area contributed by atoms with E-state index in [1.807, 2.05) is 0 Å². The molecule has 10 nitrogen and oxygen atoms in total. The van der Waals surface area contributed by atoms with Crippen LogP contribution in [0.3, 0.4) is 0 Å². The average molecular weight is 618 g/mol. The fraction of sp³-hybridized carbons (Fsp3) is 0.706. The quantitative estimate of drug-likeness (QED) is 0.219. The van der Waals surface area contributed by atoms with Crippen LogP contribution in [0.2, 0.25) is 0 Å². The number of aryl methyl sites for hydroxylation is 1. The van der Waals surface area contributed by atoms with E-state index in [2.05, 4.69) is 58.9 Å². The van der Waals surface area contributed by atoms with E-state index in [4.69, 9.17) is 25.9 Å². The Hall–Kier alpha value is -1.05. The Morgan fingerprint density at radius 2 is 1.14 bits per heavy atom. The van der Waals surface area contributed by atoms with Crippen molar-refractivity contribution in [3.8, 4) is 0 Å². The van der Waals surface area contributed by atoms with Crippen LogP contribution in [0, 0.1) is 6.92 Å². The molecular weight excluding hydrogens is 590 g/mol. The maximum absolute atomic E-state index is 10.7. The van der Waals surface area contributed by atoms with Gasteiger partial charge in [0.2, 0.25) is 0 Å². The molecule has 0 amide bonds. The van der Waals surface area contributed by atoms with E-state index in [9.17, 15) is 26.3 Å². The maximum atomic E-state index is 10.7. The van der Waals surface area contributed by atoms with Crippen molar-refractivity contribution >= 4 is 20.2 Å². The van der Waals surface area contributed by atoms with Crippen LogP contribution in [0.4, 0.5) is 26.3 Å². The Kier molecular flexibility index (Phi) is 15.9. The molecular formula is C17H28F6FeN4O6S2. The fourth-order valence-electron chi connectivity index (χ4n) is 2.38. The van der Waals surface area contributed by atoms with Crippen molar-refractivity contribution in [2.24, 2.45) is 0 Å². The Bertz CT molecular complexity index is 940. The minimum Gasteiger partial charge on any atom is -0.304 e. The van der Waals surface area contributed by atoms with Gasteiger partial charge in [0.05, 0.1) is 5.69 Å². The number of rotatable bonds is 2. The molecule has 2 rings (SSSR count). The number of alkyl halides is 6. The largest absolute Gasteiger partial charge is 0.522 e. The molecule has 0 saturated carbocycles. The summed E-state index contributed by atoms with van der Waals surface area (Å²) in [4.78, 5) is 12.0. The molecule has 0 aliphatic carbocycles. The fourth-order valence-corrected chi connectivity index (χ4v) is 2.38. The van der Waals surface area contributed by atoms with Crippen molar-refractivity contribution in [1.29, 1.82) is 0 Å². The average Bonchev–Trinajstić information content (AvgIpc) is 2.73. The van der Waals surface area contributed by atoms with Crippen molar-refractivity contribution in [3.05, 3.63) is 29.6 Å². The maximum Gasteiger partial charge on any atom is 0.522 e. The summed E-state index contributed by atoms with van der Waals surface area (Å²) in [5.41, 5.74) is -8.78. The van der Waals surface area contributed by atoms with E-state index in [-0.39, 0.29) is 17.1 Å². The summed E-state index contributed by atoms with van der Waals surface area (Å²) < 4.78 is 115. The third-order valence-corrected chi connectivity index (χ3v) is 5.55. The zero-order valence-electron chi connectivity index (χ0n) is 19.4. The van der Waals surface area contributed by atoms with E-state index < -0.39 is 31.3 Å². The van der Waals surface area contributed by atoms with Gasteiger partial charge in [0.1, 0.15) is 0 Å². The van der Waals surface area contributed by atoms with Crippen molar-refractivity contribution < 1.29 is 69.4 Å². The van der Waals surface area contributed by atoms with Gasteiger partial charge in [-0.2, -0.15) is 43.2 Å². The predicted octanol–water partition coefficient (Wildman–Crippen LogP) is 1.85. The van der Waals surface area contributed by atoms with Gasteiger partial charge in [-0.25, -0.2) is 0 Å². The molecule has 1 aromatic heterocycles. The molecule has 0 radical (unpaired) electrons. The second-order valence-corrected chi connectivity index (χ2v) is 10.3. The predicted molar refractivity (Wildman–Crippen MR) is 114 cm³/mol. The first-order valence-electron chi connectivity index (χ1n) is 9.73. The standard InChI is InChI=1S/C15H26N4.2CHF3O3S.Fe/c1-14-5-4-6-15(16-14)13-19-11-9-17(2)7-8-18(3)10-12-19;2*2-1(3,4)8(5,6)7;/h4-6H,7-13H2,1-3H3;2*(H,5,6,7);. The minimum atomic E-state index is -5.84. The molecule has 0 aromatic carbocycles. The summed E-state index contributed by atoms with van der Waals surface area (Å²) in [6.07, 6.45) is 0. The first kappa shape index (κ1) is 37.1. The summed E-state index contributed by atoms with van der Waals surface area (Å²) in [6, 6.07) is 6.29. The van der Waals surface area contributed by atoms with Gasteiger partial charge in [0.15, 0.2) is 0 Å². The van der Waals surface area contributed by atoms with Crippen LogP contribution in [-0.4, -0.2) is 110 Å². The van der Waals surface area contributed by atoms with Gasteiger partial charge in [-0.1, -0.05) is 6.07 Å². The van der Waals surface area contributed by atoms with Crippen LogP contribution in [0.15, 0.2) is 18.2 Å². The van der Waals surface area contributed by atoms with Gasteiger partial charge in [0.25, 0.3) is 0 Å². The van der Waals surface area contributed by atoms with Crippen LogP contribution in [0.25, 0.3) is 0 Å². The second kappa shape index (κ2) is 15.4. The number of hydrogen-bond acceptors (Lipinski definition) is 8. The molecule has 2 N–H and O–H groups in total. The molecule has 1 fully saturated rings. The molecule has 214 valence electrons. The first-order chi connectivity index (χ1) is 15.6. The van der Waals surface area contributed by atoms with Gasteiger partial charge in [-0.3, -0.25) is 19.0 Å². The van der Waals surface area contributed by atoms with E-state index in [1.54, 1.807) is 0 Å². The van der Waals surface area contributed by atoms with Crippen LogP contribution in [-0.2, 0) is 43.8 Å². The topological polar surface area (TPSA) is 131 Å². The number of pyridine rings is 1. The third kappa shape index (κ3) is 15.9.